The molecule has 2 aromatic rings. The minimum absolute atomic E-state index is 0.113. The Hall–Kier alpha value is -1.71. The number of carbonyl (C=O) groups is 1. The second-order valence-corrected chi connectivity index (χ2v) is 4.50. The van der Waals surface area contributed by atoms with Gasteiger partial charge in [0, 0.05) is 15.7 Å². The largest absolute Gasteiger partial charge is 0.478 e. The molecule has 2 aromatic carbocycles. The van der Waals surface area contributed by atoms with Crippen LogP contribution in [0, 0.1) is 0 Å². The van der Waals surface area contributed by atoms with E-state index in [4.69, 9.17) is 28.3 Å². The predicted molar refractivity (Wildman–Crippen MR) is 73.1 cm³/mol. The summed E-state index contributed by atoms with van der Waals surface area (Å²) in [5.74, 6) is -1.04. The Balaban J connectivity index is 2.37. The standard InChI is InChI=1S/C13H9Cl2NO2/c14-8-2-1-3-10(6-8)16-12-5-4-9(15)7-11(12)13(17)18/h1-7,16H,(H,17,18). The van der Waals surface area contributed by atoms with E-state index >= 15 is 0 Å². The van der Waals surface area contributed by atoms with Gasteiger partial charge in [-0.15, -0.1) is 0 Å². The molecular weight excluding hydrogens is 273 g/mol. The molecule has 18 heavy (non-hydrogen) atoms. The molecule has 0 aliphatic heterocycles. The van der Waals surface area contributed by atoms with Crippen molar-refractivity contribution in [3.8, 4) is 0 Å². The summed E-state index contributed by atoms with van der Waals surface area (Å²) < 4.78 is 0. The van der Waals surface area contributed by atoms with Crippen LogP contribution in [0.5, 0.6) is 0 Å². The molecule has 3 nitrogen and oxygen atoms in total. The van der Waals surface area contributed by atoms with Crippen LogP contribution in [-0.2, 0) is 0 Å². The van der Waals surface area contributed by atoms with Gasteiger partial charge in [-0.3, -0.25) is 0 Å². The number of benzene rings is 2. The second kappa shape index (κ2) is 5.29. The molecule has 0 saturated carbocycles. The topological polar surface area (TPSA) is 49.3 Å². The van der Waals surface area contributed by atoms with Gasteiger partial charge in [-0.25, -0.2) is 4.79 Å². The van der Waals surface area contributed by atoms with E-state index < -0.39 is 5.97 Å². The van der Waals surface area contributed by atoms with Gasteiger partial charge in [-0.1, -0.05) is 29.3 Å². The third kappa shape index (κ3) is 2.94. The Bertz CT molecular complexity index is 599. The van der Waals surface area contributed by atoms with Gasteiger partial charge in [-0.05, 0) is 36.4 Å². The fraction of sp³-hybridized carbons (Fsp3) is 0. The summed E-state index contributed by atoms with van der Waals surface area (Å²) in [6.07, 6.45) is 0. The van der Waals surface area contributed by atoms with E-state index in [0.29, 0.717) is 21.4 Å². The molecule has 0 spiro atoms. The highest BCUT2D eigenvalue weighted by atomic mass is 35.5. The zero-order chi connectivity index (χ0) is 13.1. The highest BCUT2D eigenvalue weighted by molar-refractivity contribution is 6.31. The highest BCUT2D eigenvalue weighted by Gasteiger charge is 2.10. The van der Waals surface area contributed by atoms with Gasteiger partial charge >= 0.3 is 5.97 Å². The first-order chi connectivity index (χ1) is 8.56. The first-order valence-electron chi connectivity index (χ1n) is 5.12. The van der Waals surface area contributed by atoms with E-state index in [2.05, 4.69) is 5.32 Å². The Morgan fingerprint density at radius 2 is 1.78 bits per heavy atom. The van der Waals surface area contributed by atoms with E-state index in [0.717, 1.165) is 0 Å². The maximum Gasteiger partial charge on any atom is 0.337 e. The lowest BCUT2D eigenvalue weighted by atomic mass is 10.1. The minimum Gasteiger partial charge on any atom is -0.478 e. The summed E-state index contributed by atoms with van der Waals surface area (Å²) in [6, 6.07) is 11.7. The third-order valence-electron chi connectivity index (χ3n) is 2.32. The van der Waals surface area contributed by atoms with Crippen molar-refractivity contribution in [2.45, 2.75) is 0 Å². The van der Waals surface area contributed by atoms with Crippen molar-refractivity contribution in [3.05, 3.63) is 58.1 Å². The van der Waals surface area contributed by atoms with E-state index in [1.54, 1.807) is 36.4 Å². The number of rotatable bonds is 3. The van der Waals surface area contributed by atoms with E-state index in [-0.39, 0.29) is 5.56 Å². The molecule has 0 fully saturated rings. The lowest BCUT2D eigenvalue weighted by Crippen LogP contribution is -2.02. The monoisotopic (exact) mass is 281 g/mol. The molecule has 5 heteroatoms. The molecule has 0 aromatic heterocycles. The Labute approximate surface area is 114 Å². The molecule has 2 rings (SSSR count). The van der Waals surface area contributed by atoms with Gasteiger partial charge in [0.15, 0.2) is 0 Å². The summed E-state index contributed by atoms with van der Waals surface area (Å²) in [5.41, 5.74) is 1.30. The zero-order valence-corrected chi connectivity index (χ0v) is 10.7. The minimum atomic E-state index is -1.04. The van der Waals surface area contributed by atoms with Crippen molar-refractivity contribution in [1.82, 2.24) is 0 Å². The van der Waals surface area contributed by atoms with Gasteiger partial charge < -0.3 is 10.4 Å². The molecule has 0 amide bonds. The van der Waals surface area contributed by atoms with Crippen molar-refractivity contribution < 1.29 is 9.90 Å². The molecule has 0 radical (unpaired) electrons. The van der Waals surface area contributed by atoms with Crippen molar-refractivity contribution in [1.29, 1.82) is 0 Å². The normalized spacial score (nSPS) is 10.1. The second-order valence-electron chi connectivity index (χ2n) is 3.63. The number of carboxylic acids is 1. The molecule has 92 valence electrons. The lowest BCUT2D eigenvalue weighted by molar-refractivity contribution is 0.0698. The number of hydrogen-bond donors (Lipinski definition) is 2. The maximum absolute atomic E-state index is 11.1. The SMILES string of the molecule is O=C(O)c1cc(Cl)ccc1Nc1cccc(Cl)c1. The van der Waals surface area contributed by atoms with Crippen LogP contribution >= 0.6 is 23.2 Å². The van der Waals surface area contributed by atoms with Crippen LogP contribution < -0.4 is 5.32 Å². The van der Waals surface area contributed by atoms with Gasteiger partial charge in [0.05, 0.1) is 11.3 Å². The average molecular weight is 282 g/mol. The fourth-order valence-corrected chi connectivity index (χ4v) is 1.89. The summed E-state index contributed by atoms with van der Waals surface area (Å²) in [5, 5.41) is 13.0. The third-order valence-corrected chi connectivity index (χ3v) is 2.79. The van der Waals surface area contributed by atoms with E-state index in [1.807, 2.05) is 0 Å². The van der Waals surface area contributed by atoms with E-state index in [9.17, 15) is 4.79 Å². The van der Waals surface area contributed by atoms with Gasteiger partial charge in [0.2, 0.25) is 0 Å². The smallest absolute Gasteiger partial charge is 0.337 e. The van der Waals surface area contributed by atoms with Crippen LogP contribution in [0.4, 0.5) is 11.4 Å². The van der Waals surface area contributed by atoms with Crippen LogP contribution in [-0.4, -0.2) is 11.1 Å². The number of anilines is 2. The fourth-order valence-electron chi connectivity index (χ4n) is 1.52. The molecule has 0 heterocycles. The Morgan fingerprint density at radius 3 is 2.44 bits per heavy atom. The molecule has 0 aliphatic carbocycles. The highest BCUT2D eigenvalue weighted by Crippen LogP contribution is 2.25. The van der Waals surface area contributed by atoms with Crippen molar-refractivity contribution in [3.63, 3.8) is 0 Å². The van der Waals surface area contributed by atoms with Crippen LogP contribution in [0.25, 0.3) is 0 Å². The van der Waals surface area contributed by atoms with Gasteiger partial charge in [0.1, 0.15) is 0 Å². The summed E-state index contributed by atoms with van der Waals surface area (Å²) >= 11 is 11.6. The molecular formula is C13H9Cl2NO2. The first kappa shape index (κ1) is 12.7. The number of carboxylic acid groups (broad SMARTS) is 1. The number of halogens is 2. The average Bonchev–Trinajstić information content (AvgIpc) is 2.31. The van der Waals surface area contributed by atoms with Gasteiger partial charge in [-0.2, -0.15) is 0 Å². The Morgan fingerprint density at radius 1 is 1.06 bits per heavy atom. The molecule has 0 unspecified atom stereocenters. The molecule has 2 N–H and O–H groups in total. The molecule has 0 bridgehead atoms. The first-order valence-corrected chi connectivity index (χ1v) is 5.87. The van der Waals surface area contributed by atoms with Crippen molar-refractivity contribution in [2.24, 2.45) is 0 Å². The van der Waals surface area contributed by atoms with Crippen LogP contribution in [0.3, 0.4) is 0 Å². The van der Waals surface area contributed by atoms with Crippen molar-refractivity contribution >= 4 is 40.5 Å². The lowest BCUT2D eigenvalue weighted by Gasteiger charge is -2.10. The summed E-state index contributed by atoms with van der Waals surface area (Å²) in [7, 11) is 0. The van der Waals surface area contributed by atoms with Gasteiger partial charge in [0.25, 0.3) is 0 Å². The van der Waals surface area contributed by atoms with E-state index in [1.165, 1.54) is 6.07 Å². The summed E-state index contributed by atoms with van der Waals surface area (Å²) in [4.78, 5) is 11.1. The number of hydrogen-bond acceptors (Lipinski definition) is 2. The number of nitrogens with one attached hydrogen (secondary N) is 1. The number of aromatic carboxylic acids is 1. The maximum atomic E-state index is 11.1. The molecule has 0 saturated heterocycles. The van der Waals surface area contributed by atoms with Crippen molar-refractivity contribution in [2.75, 3.05) is 5.32 Å². The molecule has 0 atom stereocenters. The quantitative estimate of drug-likeness (QED) is 0.875. The van der Waals surface area contributed by atoms with Crippen LogP contribution in [0.2, 0.25) is 10.0 Å². The zero-order valence-electron chi connectivity index (χ0n) is 9.15. The molecule has 0 aliphatic rings. The van der Waals surface area contributed by atoms with Crippen LogP contribution in [0.1, 0.15) is 10.4 Å². The van der Waals surface area contributed by atoms with Crippen LogP contribution in [0.15, 0.2) is 42.5 Å². The Kier molecular flexibility index (Phi) is 3.75. The summed E-state index contributed by atoms with van der Waals surface area (Å²) in [6.45, 7) is 0. The predicted octanol–water partition coefficient (Wildman–Crippen LogP) is 4.44.